The highest BCUT2D eigenvalue weighted by molar-refractivity contribution is 6.30. The number of hydrogen-bond donors (Lipinski definition) is 1. The number of carbonyl (C=O) groups excluding carboxylic acids is 2. The molecule has 0 aliphatic rings. The molecule has 0 bridgehead atoms. The average molecular weight is 399 g/mol. The standard InChI is InChI=1S/C21H19ClN2O4/c1-14(2)28-20(25)13-27-19-9-3-15(4-10-19)11-16(12-23)21(26)24-18-7-5-17(22)6-8-18/h3-11,14H,13H2,1-2H3,(H,24,26)/b16-11-. The van der Waals surface area contributed by atoms with Gasteiger partial charge in [0.05, 0.1) is 6.10 Å². The van der Waals surface area contributed by atoms with Gasteiger partial charge in [0.2, 0.25) is 0 Å². The number of hydrogen-bond acceptors (Lipinski definition) is 5. The van der Waals surface area contributed by atoms with E-state index in [9.17, 15) is 14.9 Å². The lowest BCUT2D eigenvalue weighted by Gasteiger charge is -2.09. The second kappa shape index (κ2) is 10.1. The molecule has 2 rings (SSSR count). The molecule has 0 atom stereocenters. The Labute approximate surface area is 168 Å². The summed E-state index contributed by atoms with van der Waals surface area (Å²) in [4.78, 5) is 23.7. The van der Waals surface area contributed by atoms with E-state index in [1.165, 1.54) is 6.08 Å². The van der Waals surface area contributed by atoms with Gasteiger partial charge in [0.25, 0.3) is 5.91 Å². The maximum atomic E-state index is 12.3. The third kappa shape index (κ3) is 6.78. The fraction of sp³-hybridized carbons (Fsp3) is 0.190. The maximum absolute atomic E-state index is 12.3. The van der Waals surface area contributed by atoms with Crippen molar-refractivity contribution in [1.29, 1.82) is 5.26 Å². The predicted octanol–water partition coefficient (Wildman–Crippen LogP) is 4.22. The molecule has 0 fully saturated rings. The number of rotatable bonds is 7. The van der Waals surface area contributed by atoms with Crippen LogP contribution in [-0.2, 0) is 14.3 Å². The second-order valence-corrected chi connectivity index (χ2v) is 6.46. The van der Waals surface area contributed by atoms with Gasteiger partial charge in [-0.25, -0.2) is 4.79 Å². The summed E-state index contributed by atoms with van der Waals surface area (Å²) in [5.74, 6) is -0.506. The molecule has 0 saturated heterocycles. The van der Waals surface area contributed by atoms with E-state index < -0.39 is 11.9 Å². The molecule has 0 unspecified atom stereocenters. The lowest BCUT2D eigenvalue weighted by molar-refractivity contribution is -0.149. The fourth-order valence-electron chi connectivity index (χ4n) is 2.15. The summed E-state index contributed by atoms with van der Waals surface area (Å²) >= 11 is 5.81. The molecule has 2 aromatic rings. The third-order valence-corrected chi connectivity index (χ3v) is 3.63. The maximum Gasteiger partial charge on any atom is 0.344 e. The molecule has 0 aliphatic carbocycles. The molecule has 0 spiro atoms. The molecule has 0 radical (unpaired) electrons. The largest absolute Gasteiger partial charge is 0.482 e. The van der Waals surface area contributed by atoms with Crippen LogP contribution >= 0.6 is 11.6 Å². The average Bonchev–Trinajstić information content (AvgIpc) is 2.66. The van der Waals surface area contributed by atoms with Crippen LogP contribution in [0.15, 0.2) is 54.1 Å². The molecular formula is C21H19ClN2O4. The smallest absolute Gasteiger partial charge is 0.344 e. The number of esters is 1. The van der Waals surface area contributed by atoms with E-state index in [2.05, 4.69) is 5.32 Å². The van der Waals surface area contributed by atoms with E-state index in [1.54, 1.807) is 62.4 Å². The highest BCUT2D eigenvalue weighted by Crippen LogP contribution is 2.17. The van der Waals surface area contributed by atoms with Crippen molar-refractivity contribution in [3.63, 3.8) is 0 Å². The first-order valence-corrected chi connectivity index (χ1v) is 8.86. The van der Waals surface area contributed by atoms with Crippen LogP contribution < -0.4 is 10.1 Å². The van der Waals surface area contributed by atoms with Gasteiger partial charge in [0.1, 0.15) is 17.4 Å². The van der Waals surface area contributed by atoms with Gasteiger partial charge < -0.3 is 14.8 Å². The van der Waals surface area contributed by atoms with Crippen molar-refractivity contribution in [2.75, 3.05) is 11.9 Å². The van der Waals surface area contributed by atoms with E-state index in [0.29, 0.717) is 22.0 Å². The SMILES string of the molecule is CC(C)OC(=O)COc1ccc(/C=C(/C#N)C(=O)Nc2ccc(Cl)cc2)cc1. The molecule has 6 nitrogen and oxygen atoms in total. The molecular weight excluding hydrogens is 380 g/mol. The Kier molecular flexibility index (Phi) is 7.61. The topological polar surface area (TPSA) is 88.4 Å². The van der Waals surface area contributed by atoms with E-state index in [4.69, 9.17) is 21.1 Å². The summed E-state index contributed by atoms with van der Waals surface area (Å²) < 4.78 is 10.3. The Morgan fingerprint density at radius 1 is 1.14 bits per heavy atom. The first-order chi connectivity index (χ1) is 13.4. The van der Waals surface area contributed by atoms with Gasteiger partial charge in [-0.2, -0.15) is 5.26 Å². The summed E-state index contributed by atoms with van der Waals surface area (Å²) in [6.45, 7) is 3.32. The molecule has 0 saturated carbocycles. The molecule has 7 heteroatoms. The van der Waals surface area contributed by atoms with Crippen LogP contribution in [0.3, 0.4) is 0 Å². The van der Waals surface area contributed by atoms with Gasteiger partial charge in [-0.3, -0.25) is 4.79 Å². The molecule has 0 heterocycles. The molecule has 0 aromatic heterocycles. The van der Waals surface area contributed by atoms with E-state index in [-0.39, 0.29) is 18.3 Å². The minimum atomic E-state index is -0.526. The molecule has 1 N–H and O–H groups in total. The lowest BCUT2D eigenvalue weighted by Crippen LogP contribution is -2.18. The number of amides is 1. The molecule has 144 valence electrons. The van der Waals surface area contributed by atoms with Crippen molar-refractivity contribution < 1.29 is 19.1 Å². The first-order valence-electron chi connectivity index (χ1n) is 8.48. The minimum absolute atomic E-state index is 0.0517. The number of anilines is 1. The Bertz CT molecular complexity index is 897. The summed E-state index contributed by atoms with van der Waals surface area (Å²) in [5.41, 5.74) is 1.12. The third-order valence-electron chi connectivity index (χ3n) is 3.38. The number of benzene rings is 2. The number of ether oxygens (including phenoxy) is 2. The fourth-order valence-corrected chi connectivity index (χ4v) is 2.27. The normalized spacial score (nSPS) is 10.9. The van der Waals surface area contributed by atoms with Crippen molar-refractivity contribution >= 4 is 35.2 Å². The first kappa shape index (κ1) is 21.0. The Hall–Kier alpha value is -3.30. The van der Waals surface area contributed by atoms with Gasteiger partial charge in [-0.1, -0.05) is 23.7 Å². The Balaban J connectivity index is 1.99. The van der Waals surface area contributed by atoms with Crippen molar-refractivity contribution in [2.45, 2.75) is 20.0 Å². The van der Waals surface area contributed by atoms with Gasteiger partial charge in [-0.05, 0) is 61.9 Å². The molecule has 1 amide bonds. The second-order valence-electron chi connectivity index (χ2n) is 6.03. The zero-order valence-electron chi connectivity index (χ0n) is 15.4. The van der Waals surface area contributed by atoms with Crippen LogP contribution in [0.4, 0.5) is 5.69 Å². The van der Waals surface area contributed by atoms with E-state index in [0.717, 1.165) is 0 Å². The lowest BCUT2D eigenvalue weighted by atomic mass is 10.1. The number of carbonyl (C=O) groups is 2. The van der Waals surface area contributed by atoms with Crippen molar-refractivity contribution in [3.8, 4) is 11.8 Å². The van der Waals surface area contributed by atoms with Crippen LogP contribution in [0, 0.1) is 11.3 Å². The summed E-state index contributed by atoms with van der Waals surface area (Å²) in [6.07, 6.45) is 1.26. The van der Waals surface area contributed by atoms with E-state index in [1.807, 2.05) is 6.07 Å². The number of nitrogens with one attached hydrogen (secondary N) is 1. The van der Waals surface area contributed by atoms with Crippen LogP contribution in [-0.4, -0.2) is 24.6 Å². The van der Waals surface area contributed by atoms with Crippen LogP contribution in [0.25, 0.3) is 6.08 Å². The van der Waals surface area contributed by atoms with Gasteiger partial charge in [0, 0.05) is 10.7 Å². The van der Waals surface area contributed by atoms with Crippen molar-refractivity contribution in [3.05, 3.63) is 64.7 Å². The van der Waals surface area contributed by atoms with Crippen molar-refractivity contribution in [2.24, 2.45) is 0 Å². The summed E-state index contributed by atoms with van der Waals surface area (Å²) in [5, 5.41) is 12.5. The Morgan fingerprint density at radius 2 is 1.79 bits per heavy atom. The van der Waals surface area contributed by atoms with Crippen molar-refractivity contribution in [1.82, 2.24) is 0 Å². The van der Waals surface area contributed by atoms with Gasteiger partial charge in [0.15, 0.2) is 6.61 Å². The van der Waals surface area contributed by atoms with Crippen LogP contribution in [0.5, 0.6) is 5.75 Å². The van der Waals surface area contributed by atoms with Crippen LogP contribution in [0.1, 0.15) is 19.4 Å². The van der Waals surface area contributed by atoms with E-state index >= 15 is 0 Å². The minimum Gasteiger partial charge on any atom is -0.482 e. The Morgan fingerprint density at radius 3 is 2.36 bits per heavy atom. The molecule has 0 aliphatic heterocycles. The number of nitriles is 1. The number of halogens is 1. The predicted molar refractivity (Wildman–Crippen MR) is 107 cm³/mol. The highest BCUT2D eigenvalue weighted by Gasteiger charge is 2.10. The van der Waals surface area contributed by atoms with Gasteiger partial charge in [-0.15, -0.1) is 0 Å². The highest BCUT2D eigenvalue weighted by atomic mass is 35.5. The quantitative estimate of drug-likeness (QED) is 0.428. The van der Waals surface area contributed by atoms with Gasteiger partial charge >= 0.3 is 5.97 Å². The zero-order chi connectivity index (χ0) is 20.5. The monoisotopic (exact) mass is 398 g/mol. The molecule has 28 heavy (non-hydrogen) atoms. The molecule has 2 aromatic carbocycles. The zero-order valence-corrected chi connectivity index (χ0v) is 16.2. The summed E-state index contributed by atoms with van der Waals surface area (Å²) in [7, 11) is 0. The number of nitrogens with zero attached hydrogens (tertiary/aromatic N) is 1. The van der Waals surface area contributed by atoms with Crippen LogP contribution in [0.2, 0.25) is 5.02 Å². The summed E-state index contributed by atoms with van der Waals surface area (Å²) in [6, 6.07) is 15.1.